The van der Waals surface area contributed by atoms with Gasteiger partial charge in [0.25, 0.3) is 0 Å². The summed E-state index contributed by atoms with van der Waals surface area (Å²) in [6, 6.07) is 15.3. The Morgan fingerprint density at radius 2 is 1.82 bits per heavy atom. The quantitative estimate of drug-likeness (QED) is 0.391. The van der Waals surface area contributed by atoms with E-state index in [1.807, 2.05) is 69.3 Å². The van der Waals surface area contributed by atoms with Gasteiger partial charge in [-0.25, -0.2) is 0 Å². The molecule has 3 aromatic rings. The summed E-state index contributed by atoms with van der Waals surface area (Å²) in [5, 5.41) is 9.38. The molecule has 1 amide bonds. The standard InChI is InChI=1S/C26H30N4O3S/c1-6-22(31)30-20-13-9-7-11-18(20)23-24(27-26(29-28-23)34-15-16(2)3)33-25(30)19-12-8-10-14-21(19)32-17(4)5/h7-14,16-17,25H,6,15H2,1-5H3/t25-/m1/s1. The molecule has 2 heterocycles. The Bertz CT molecular complexity index is 1170. The van der Waals surface area contributed by atoms with E-state index >= 15 is 0 Å². The zero-order valence-electron chi connectivity index (χ0n) is 20.2. The van der Waals surface area contributed by atoms with Gasteiger partial charge in [-0.05, 0) is 38.0 Å². The third-order valence-electron chi connectivity index (χ3n) is 5.18. The van der Waals surface area contributed by atoms with E-state index in [4.69, 9.17) is 14.5 Å². The zero-order valence-corrected chi connectivity index (χ0v) is 21.0. The number of amides is 1. The van der Waals surface area contributed by atoms with Crippen LogP contribution < -0.4 is 14.4 Å². The first-order valence-electron chi connectivity index (χ1n) is 11.6. The second-order valence-electron chi connectivity index (χ2n) is 8.76. The maximum atomic E-state index is 13.3. The van der Waals surface area contributed by atoms with E-state index in [-0.39, 0.29) is 12.0 Å². The Hall–Kier alpha value is -3.13. The van der Waals surface area contributed by atoms with Crippen LogP contribution in [0.2, 0.25) is 0 Å². The van der Waals surface area contributed by atoms with Crippen LogP contribution in [0.15, 0.2) is 53.7 Å². The molecule has 0 unspecified atom stereocenters. The van der Waals surface area contributed by atoms with Crippen LogP contribution in [0.25, 0.3) is 11.3 Å². The zero-order chi connectivity index (χ0) is 24.2. The van der Waals surface area contributed by atoms with Crippen LogP contribution in [-0.4, -0.2) is 32.9 Å². The van der Waals surface area contributed by atoms with Crippen LogP contribution >= 0.6 is 11.8 Å². The van der Waals surface area contributed by atoms with Gasteiger partial charge in [-0.1, -0.05) is 62.9 Å². The number of carbonyl (C=O) groups is 1. The number of hydrogen-bond donors (Lipinski definition) is 0. The second kappa shape index (κ2) is 10.4. The van der Waals surface area contributed by atoms with Gasteiger partial charge in [-0.2, -0.15) is 4.98 Å². The van der Waals surface area contributed by atoms with Crippen LogP contribution in [-0.2, 0) is 4.79 Å². The van der Waals surface area contributed by atoms with E-state index in [1.165, 1.54) is 11.8 Å². The van der Waals surface area contributed by atoms with E-state index in [0.29, 0.717) is 40.5 Å². The van der Waals surface area contributed by atoms with Gasteiger partial charge in [0.2, 0.25) is 23.2 Å². The van der Waals surface area contributed by atoms with E-state index in [9.17, 15) is 4.79 Å². The summed E-state index contributed by atoms with van der Waals surface area (Å²) in [6.07, 6.45) is -0.499. The average molecular weight is 479 g/mol. The number of hydrogen-bond acceptors (Lipinski definition) is 7. The van der Waals surface area contributed by atoms with Crippen molar-refractivity contribution in [3.05, 3.63) is 54.1 Å². The number of benzene rings is 2. The Balaban J connectivity index is 1.90. The minimum Gasteiger partial charge on any atom is -0.491 e. The SMILES string of the molecule is CCC(=O)N1c2ccccc2-c2nnc(SCC(C)C)nc2O[C@@H]1c1ccccc1OC(C)C. The molecular weight excluding hydrogens is 448 g/mol. The minimum atomic E-state index is -0.774. The number of thioether (sulfide) groups is 1. The summed E-state index contributed by atoms with van der Waals surface area (Å²) in [7, 11) is 0. The number of carbonyl (C=O) groups excluding carboxylic acids is 1. The number of rotatable bonds is 7. The maximum Gasteiger partial charge on any atom is 0.247 e. The minimum absolute atomic E-state index is 0.0372. The van der Waals surface area contributed by atoms with Crippen LogP contribution in [0.1, 0.15) is 52.8 Å². The normalized spacial score (nSPS) is 14.9. The topological polar surface area (TPSA) is 77.4 Å². The predicted molar refractivity (Wildman–Crippen MR) is 134 cm³/mol. The van der Waals surface area contributed by atoms with Gasteiger partial charge < -0.3 is 9.47 Å². The molecule has 0 saturated carbocycles. The lowest BCUT2D eigenvalue weighted by Gasteiger charge is -2.31. The molecule has 0 saturated heterocycles. The number of anilines is 1. The van der Waals surface area contributed by atoms with E-state index < -0.39 is 6.23 Å². The van der Waals surface area contributed by atoms with Crippen molar-refractivity contribution < 1.29 is 14.3 Å². The molecule has 0 radical (unpaired) electrons. The van der Waals surface area contributed by atoms with Crippen LogP contribution in [0.4, 0.5) is 5.69 Å². The van der Waals surface area contributed by atoms with Crippen molar-refractivity contribution in [1.29, 1.82) is 0 Å². The fourth-order valence-corrected chi connectivity index (χ4v) is 4.43. The summed E-state index contributed by atoms with van der Waals surface area (Å²) in [6.45, 7) is 10.1. The molecule has 1 atom stereocenters. The van der Waals surface area contributed by atoms with E-state index in [2.05, 4.69) is 24.0 Å². The van der Waals surface area contributed by atoms with Gasteiger partial charge in [0, 0.05) is 17.7 Å². The van der Waals surface area contributed by atoms with Crippen molar-refractivity contribution in [1.82, 2.24) is 15.2 Å². The van der Waals surface area contributed by atoms with Crippen LogP contribution in [0.3, 0.4) is 0 Å². The number of fused-ring (bicyclic) bond motifs is 3. The highest BCUT2D eigenvalue weighted by atomic mass is 32.2. The fraction of sp³-hybridized carbons (Fsp3) is 0.385. The van der Waals surface area contributed by atoms with Gasteiger partial charge in [0.15, 0.2) is 5.69 Å². The Morgan fingerprint density at radius 3 is 2.56 bits per heavy atom. The lowest BCUT2D eigenvalue weighted by molar-refractivity contribution is -0.120. The Labute approximate surface area is 204 Å². The van der Waals surface area contributed by atoms with Crippen molar-refractivity contribution in [2.45, 2.75) is 58.5 Å². The van der Waals surface area contributed by atoms with Gasteiger partial charge >= 0.3 is 0 Å². The third-order valence-corrected chi connectivity index (χ3v) is 6.44. The Kier molecular flexibility index (Phi) is 7.36. The van der Waals surface area contributed by atoms with Gasteiger partial charge in [0.1, 0.15) is 5.75 Å². The number of para-hydroxylation sites is 2. The molecule has 0 fully saturated rings. The highest BCUT2D eigenvalue weighted by molar-refractivity contribution is 7.99. The van der Waals surface area contributed by atoms with Crippen LogP contribution in [0.5, 0.6) is 11.6 Å². The first-order chi connectivity index (χ1) is 16.4. The largest absolute Gasteiger partial charge is 0.491 e. The van der Waals surface area contributed by atoms with Crippen molar-refractivity contribution in [3.8, 4) is 22.9 Å². The highest BCUT2D eigenvalue weighted by Crippen LogP contribution is 2.45. The predicted octanol–water partition coefficient (Wildman–Crippen LogP) is 5.91. The molecule has 178 valence electrons. The van der Waals surface area contributed by atoms with Crippen molar-refractivity contribution in [2.24, 2.45) is 5.92 Å². The molecule has 1 aliphatic heterocycles. The third kappa shape index (κ3) is 5.01. The van der Waals surface area contributed by atoms with Crippen LogP contribution in [0, 0.1) is 5.92 Å². The summed E-state index contributed by atoms with van der Waals surface area (Å²) in [4.78, 5) is 19.7. The first kappa shape index (κ1) is 24.0. The smallest absolute Gasteiger partial charge is 0.247 e. The second-order valence-corrected chi connectivity index (χ2v) is 9.75. The Morgan fingerprint density at radius 1 is 1.09 bits per heavy atom. The first-order valence-corrected chi connectivity index (χ1v) is 12.6. The number of nitrogens with zero attached hydrogens (tertiary/aromatic N) is 4. The molecule has 1 aliphatic rings. The molecule has 8 heteroatoms. The average Bonchev–Trinajstić information content (AvgIpc) is 2.96. The molecule has 7 nitrogen and oxygen atoms in total. The molecule has 4 rings (SSSR count). The fourth-order valence-electron chi connectivity index (χ4n) is 3.70. The molecule has 1 aromatic heterocycles. The van der Waals surface area contributed by atoms with Gasteiger partial charge in [-0.3, -0.25) is 9.69 Å². The molecule has 0 bridgehead atoms. The lowest BCUT2D eigenvalue weighted by Crippen LogP contribution is -2.37. The van der Waals surface area contributed by atoms with Gasteiger partial charge in [0.05, 0.1) is 17.4 Å². The molecule has 0 aliphatic carbocycles. The van der Waals surface area contributed by atoms with Crippen molar-refractivity contribution in [2.75, 3.05) is 10.7 Å². The summed E-state index contributed by atoms with van der Waals surface area (Å²) in [5.74, 6) is 2.29. The molecule has 2 aromatic carbocycles. The number of aromatic nitrogens is 3. The van der Waals surface area contributed by atoms with E-state index in [1.54, 1.807) is 4.90 Å². The van der Waals surface area contributed by atoms with Gasteiger partial charge in [-0.15, -0.1) is 10.2 Å². The lowest BCUT2D eigenvalue weighted by atomic mass is 10.1. The summed E-state index contributed by atoms with van der Waals surface area (Å²) >= 11 is 1.54. The molecule has 34 heavy (non-hydrogen) atoms. The van der Waals surface area contributed by atoms with Crippen molar-refractivity contribution >= 4 is 23.4 Å². The number of ether oxygens (including phenoxy) is 2. The summed E-state index contributed by atoms with van der Waals surface area (Å²) in [5.41, 5.74) is 2.72. The highest BCUT2D eigenvalue weighted by Gasteiger charge is 2.36. The van der Waals surface area contributed by atoms with Crippen molar-refractivity contribution in [3.63, 3.8) is 0 Å². The molecular formula is C26H30N4O3S. The monoisotopic (exact) mass is 478 g/mol. The molecule has 0 spiro atoms. The maximum absolute atomic E-state index is 13.3. The van der Waals surface area contributed by atoms with E-state index in [0.717, 1.165) is 16.9 Å². The molecule has 0 N–H and O–H groups in total. The summed E-state index contributed by atoms with van der Waals surface area (Å²) < 4.78 is 12.6.